The van der Waals surface area contributed by atoms with Crippen LogP contribution in [0, 0.1) is 11.6 Å². The molecule has 0 aliphatic heterocycles. The van der Waals surface area contributed by atoms with Crippen molar-refractivity contribution in [2.45, 2.75) is 0 Å². The molecule has 0 atom stereocenters. The Kier molecular flexibility index (Phi) is 4.33. The number of anilines is 1. The summed E-state index contributed by atoms with van der Waals surface area (Å²) in [6.45, 7) is 0. The largest absolute Gasteiger partial charge is 0.496 e. The number of para-hydroxylation sites is 1. The van der Waals surface area contributed by atoms with Crippen LogP contribution in [0.1, 0.15) is 0 Å². The van der Waals surface area contributed by atoms with Gasteiger partial charge in [-0.1, -0.05) is 18.2 Å². The summed E-state index contributed by atoms with van der Waals surface area (Å²) in [7, 11) is 1.56. The summed E-state index contributed by atoms with van der Waals surface area (Å²) in [5, 5.41) is 0. The molecule has 3 rings (SSSR count). The molecular formula is C19H15F2NO2. The van der Waals surface area contributed by atoms with E-state index in [1.165, 1.54) is 6.07 Å². The Bertz CT molecular complexity index is 881. The number of benzene rings is 3. The molecule has 2 N–H and O–H groups in total. The van der Waals surface area contributed by atoms with Crippen molar-refractivity contribution in [1.82, 2.24) is 0 Å². The van der Waals surface area contributed by atoms with Gasteiger partial charge in [-0.2, -0.15) is 0 Å². The van der Waals surface area contributed by atoms with Crippen LogP contribution >= 0.6 is 0 Å². The van der Waals surface area contributed by atoms with Gasteiger partial charge in [-0.3, -0.25) is 0 Å². The van der Waals surface area contributed by atoms with Gasteiger partial charge < -0.3 is 15.2 Å². The lowest BCUT2D eigenvalue weighted by Gasteiger charge is -2.15. The minimum absolute atomic E-state index is 0.0719. The Balaban J connectivity index is 2.09. The maximum Gasteiger partial charge on any atom is 0.168 e. The third-order valence-electron chi connectivity index (χ3n) is 3.51. The minimum Gasteiger partial charge on any atom is -0.496 e. The van der Waals surface area contributed by atoms with Crippen LogP contribution < -0.4 is 15.2 Å². The smallest absolute Gasteiger partial charge is 0.168 e. The summed E-state index contributed by atoms with van der Waals surface area (Å²) in [4.78, 5) is 0. The third kappa shape index (κ3) is 3.15. The van der Waals surface area contributed by atoms with E-state index in [4.69, 9.17) is 15.2 Å². The molecule has 3 aromatic rings. The first-order valence-corrected chi connectivity index (χ1v) is 7.24. The highest BCUT2D eigenvalue weighted by molar-refractivity contribution is 5.78. The monoisotopic (exact) mass is 327 g/mol. The van der Waals surface area contributed by atoms with Crippen LogP contribution in [-0.2, 0) is 0 Å². The maximum atomic E-state index is 13.9. The highest BCUT2D eigenvalue weighted by atomic mass is 19.1. The average molecular weight is 327 g/mol. The fraction of sp³-hybridized carbons (Fsp3) is 0.0526. The van der Waals surface area contributed by atoms with E-state index in [1.54, 1.807) is 31.4 Å². The van der Waals surface area contributed by atoms with E-state index < -0.39 is 11.6 Å². The van der Waals surface area contributed by atoms with E-state index in [0.717, 1.165) is 17.7 Å². The number of nitrogens with two attached hydrogens (primary N) is 1. The predicted molar refractivity (Wildman–Crippen MR) is 89.3 cm³/mol. The van der Waals surface area contributed by atoms with Crippen LogP contribution in [-0.4, -0.2) is 7.11 Å². The number of rotatable bonds is 4. The Morgan fingerprint density at radius 1 is 0.792 bits per heavy atom. The summed E-state index contributed by atoms with van der Waals surface area (Å²) in [6, 6.07) is 15.5. The molecule has 122 valence electrons. The lowest BCUT2D eigenvalue weighted by atomic mass is 10.0. The van der Waals surface area contributed by atoms with Gasteiger partial charge in [0.1, 0.15) is 17.3 Å². The Labute approximate surface area is 138 Å². The molecule has 0 aliphatic rings. The Morgan fingerprint density at radius 2 is 1.54 bits per heavy atom. The van der Waals surface area contributed by atoms with Crippen molar-refractivity contribution < 1.29 is 18.3 Å². The molecule has 5 heteroatoms. The fourth-order valence-electron chi connectivity index (χ4n) is 2.39. The molecule has 0 aromatic heterocycles. The summed E-state index contributed by atoms with van der Waals surface area (Å²) >= 11 is 0. The molecule has 0 saturated heterocycles. The average Bonchev–Trinajstić information content (AvgIpc) is 2.58. The second-order valence-electron chi connectivity index (χ2n) is 5.13. The highest BCUT2D eigenvalue weighted by Gasteiger charge is 2.14. The van der Waals surface area contributed by atoms with E-state index in [0.29, 0.717) is 22.7 Å². The van der Waals surface area contributed by atoms with Crippen molar-refractivity contribution in [1.29, 1.82) is 0 Å². The van der Waals surface area contributed by atoms with Crippen molar-refractivity contribution in [3.63, 3.8) is 0 Å². The second kappa shape index (κ2) is 6.58. The summed E-state index contributed by atoms with van der Waals surface area (Å²) in [5.41, 5.74) is 7.81. The van der Waals surface area contributed by atoms with Crippen LogP contribution in [0.25, 0.3) is 11.1 Å². The molecule has 0 fully saturated rings. The van der Waals surface area contributed by atoms with Gasteiger partial charge in [-0.25, -0.2) is 8.78 Å². The van der Waals surface area contributed by atoms with Crippen molar-refractivity contribution in [3.05, 3.63) is 72.3 Å². The molecule has 0 unspecified atom stereocenters. The van der Waals surface area contributed by atoms with E-state index >= 15 is 0 Å². The van der Waals surface area contributed by atoms with Crippen LogP contribution in [0.2, 0.25) is 0 Å². The lowest BCUT2D eigenvalue weighted by molar-refractivity contribution is 0.415. The highest BCUT2D eigenvalue weighted by Crippen LogP contribution is 2.39. The topological polar surface area (TPSA) is 44.5 Å². The first-order valence-electron chi connectivity index (χ1n) is 7.24. The Morgan fingerprint density at radius 3 is 2.29 bits per heavy atom. The molecule has 3 nitrogen and oxygen atoms in total. The van der Waals surface area contributed by atoms with Gasteiger partial charge in [-0.05, 0) is 36.4 Å². The molecule has 0 saturated carbocycles. The van der Waals surface area contributed by atoms with Gasteiger partial charge in [0.25, 0.3) is 0 Å². The summed E-state index contributed by atoms with van der Waals surface area (Å²) < 4.78 is 37.9. The predicted octanol–water partition coefficient (Wildman–Crippen LogP) is 5.01. The molecular weight excluding hydrogens is 312 g/mol. The van der Waals surface area contributed by atoms with E-state index in [1.807, 2.05) is 18.2 Å². The number of ether oxygens (including phenoxy) is 2. The van der Waals surface area contributed by atoms with Gasteiger partial charge in [0.2, 0.25) is 0 Å². The van der Waals surface area contributed by atoms with E-state index in [2.05, 4.69) is 0 Å². The van der Waals surface area contributed by atoms with Gasteiger partial charge >= 0.3 is 0 Å². The molecule has 0 bridgehead atoms. The quantitative estimate of drug-likeness (QED) is 0.685. The third-order valence-corrected chi connectivity index (χ3v) is 3.51. The molecule has 24 heavy (non-hydrogen) atoms. The SMILES string of the molecule is COc1ccccc1-c1cc(N)ccc1Oc1ccc(F)cc1F. The standard InChI is InChI=1S/C19H15F2NO2/c1-23-17-5-3-2-4-14(17)15-11-13(22)7-9-18(15)24-19-8-6-12(20)10-16(19)21/h2-11H,22H2,1H3. The van der Waals surface area contributed by atoms with Gasteiger partial charge in [0.15, 0.2) is 11.6 Å². The number of hydrogen-bond acceptors (Lipinski definition) is 3. The van der Waals surface area contributed by atoms with Crippen molar-refractivity contribution in [3.8, 4) is 28.4 Å². The zero-order valence-corrected chi connectivity index (χ0v) is 12.9. The molecule has 3 aromatic carbocycles. The van der Waals surface area contributed by atoms with Gasteiger partial charge in [0, 0.05) is 22.9 Å². The van der Waals surface area contributed by atoms with Gasteiger partial charge in [-0.15, -0.1) is 0 Å². The normalized spacial score (nSPS) is 10.5. The fourth-order valence-corrected chi connectivity index (χ4v) is 2.39. The molecule has 0 amide bonds. The van der Waals surface area contributed by atoms with E-state index in [-0.39, 0.29) is 5.75 Å². The van der Waals surface area contributed by atoms with Crippen molar-refractivity contribution in [2.75, 3.05) is 12.8 Å². The molecule has 0 heterocycles. The molecule has 0 radical (unpaired) electrons. The van der Waals surface area contributed by atoms with Crippen LogP contribution in [0.5, 0.6) is 17.2 Å². The summed E-state index contributed by atoms with van der Waals surface area (Å²) in [5.74, 6) is -0.496. The van der Waals surface area contributed by atoms with Gasteiger partial charge in [0.05, 0.1) is 7.11 Å². The van der Waals surface area contributed by atoms with Crippen LogP contribution in [0.3, 0.4) is 0 Å². The zero-order chi connectivity index (χ0) is 17.1. The zero-order valence-electron chi connectivity index (χ0n) is 12.9. The van der Waals surface area contributed by atoms with Crippen LogP contribution in [0.4, 0.5) is 14.5 Å². The summed E-state index contributed by atoms with van der Waals surface area (Å²) in [6.07, 6.45) is 0. The number of halogens is 2. The molecule has 0 aliphatic carbocycles. The van der Waals surface area contributed by atoms with Crippen molar-refractivity contribution in [2.24, 2.45) is 0 Å². The number of nitrogen functional groups attached to an aromatic ring is 1. The maximum absolute atomic E-state index is 13.9. The van der Waals surface area contributed by atoms with E-state index in [9.17, 15) is 8.78 Å². The number of hydrogen-bond donors (Lipinski definition) is 1. The van der Waals surface area contributed by atoms with Crippen molar-refractivity contribution >= 4 is 5.69 Å². The number of methoxy groups -OCH3 is 1. The first-order chi connectivity index (χ1) is 11.6. The lowest BCUT2D eigenvalue weighted by Crippen LogP contribution is -1.95. The molecule has 0 spiro atoms. The second-order valence-corrected chi connectivity index (χ2v) is 5.13. The van der Waals surface area contributed by atoms with Crippen LogP contribution in [0.15, 0.2) is 60.7 Å². The Hall–Kier alpha value is -3.08. The first kappa shape index (κ1) is 15.8. The minimum atomic E-state index is -0.780.